The zero-order chi connectivity index (χ0) is 47.9. The van der Waals surface area contributed by atoms with Crippen LogP contribution in [0.4, 0.5) is 0 Å². The normalized spacial score (nSPS) is 12.2. The Morgan fingerprint density at radius 1 is 0.303 bits per heavy atom. The molecule has 0 fully saturated rings. The lowest BCUT2D eigenvalue weighted by molar-refractivity contribution is -0.167. The van der Waals surface area contributed by atoms with Crippen LogP contribution in [0.5, 0.6) is 0 Å². The number of hydrogen-bond donors (Lipinski definition) is 0. The van der Waals surface area contributed by atoms with Crippen LogP contribution in [0.2, 0.25) is 0 Å². The number of unbranched alkanes of at least 4 members (excludes halogenated alkanes) is 36. The van der Waals surface area contributed by atoms with E-state index in [9.17, 15) is 14.4 Å². The highest BCUT2D eigenvalue weighted by Crippen LogP contribution is 2.16. The number of hydrogen-bond acceptors (Lipinski definition) is 6. The predicted octanol–water partition coefficient (Wildman–Crippen LogP) is 19.3. The maximum atomic E-state index is 12.8. The summed E-state index contributed by atoms with van der Waals surface area (Å²) in [5, 5.41) is 0. The predicted molar refractivity (Wildman–Crippen MR) is 284 cm³/mol. The monoisotopic (exact) mass is 927 g/mol. The highest BCUT2D eigenvalue weighted by atomic mass is 16.6. The highest BCUT2D eigenvalue weighted by molar-refractivity contribution is 5.71. The van der Waals surface area contributed by atoms with Crippen LogP contribution in [-0.2, 0) is 28.6 Å². The van der Waals surface area contributed by atoms with Gasteiger partial charge in [0.2, 0.25) is 0 Å². The van der Waals surface area contributed by atoms with Gasteiger partial charge in [0.25, 0.3) is 0 Å². The molecule has 0 radical (unpaired) electrons. The summed E-state index contributed by atoms with van der Waals surface area (Å²) in [5.74, 6) is -0.868. The van der Waals surface area contributed by atoms with Gasteiger partial charge in [-0.1, -0.05) is 250 Å². The fraction of sp³-hybridized carbons (Fsp3) is 0.850. The molecule has 1 atom stereocenters. The van der Waals surface area contributed by atoms with Crippen molar-refractivity contribution in [3.63, 3.8) is 0 Å². The van der Waals surface area contributed by atoms with Crippen LogP contribution in [0.3, 0.4) is 0 Å². The molecule has 0 aliphatic carbocycles. The Kier molecular flexibility index (Phi) is 53.2. The zero-order valence-corrected chi connectivity index (χ0v) is 44.2. The summed E-state index contributed by atoms with van der Waals surface area (Å²) >= 11 is 0. The molecule has 66 heavy (non-hydrogen) atoms. The second-order valence-corrected chi connectivity index (χ2v) is 19.6. The molecule has 0 aromatic rings. The fourth-order valence-electron chi connectivity index (χ4n) is 8.47. The minimum Gasteiger partial charge on any atom is -0.462 e. The lowest BCUT2D eigenvalue weighted by atomic mass is 10.0. The number of ether oxygens (including phenoxy) is 3. The molecule has 0 amide bonds. The Bertz CT molecular complexity index is 1110. The van der Waals surface area contributed by atoms with Crippen molar-refractivity contribution in [1.29, 1.82) is 0 Å². The maximum absolute atomic E-state index is 12.8. The van der Waals surface area contributed by atoms with Crippen LogP contribution in [0.25, 0.3) is 0 Å². The van der Waals surface area contributed by atoms with Crippen molar-refractivity contribution >= 4 is 17.9 Å². The van der Waals surface area contributed by atoms with Crippen molar-refractivity contribution in [3.8, 4) is 0 Å². The molecular formula is C60H110O6. The molecule has 386 valence electrons. The molecule has 0 spiro atoms. The molecule has 0 aromatic heterocycles. The quantitative estimate of drug-likeness (QED) is 0.0262. The number of carbonyl (C=O) groups excluding carboxylic acids is 3. The molecule has 0 bridgehead atoms. The van der Waals surface area contributed by atoms with Crippen LogP contribution in [0.15, 0.2) is 36.5 Å². The van der Waals surface area contributed by atoms with Crippen molar-refractivity contribution in [3.05, 3.63) is 36.5 Å². The van der Waals surface area contributed by atoms with Gasteiger partial charge in [0.15, 0.2) is 6.10 Å². The first-order valence-electron chi connectivity index (χ1n) is 29.0. The number of esters is 3. The van der Waals surface area contributed by atoms with Gasteiger partial charge in [-0.3, -0.25) is 14.4 Å². The van der Waals surface area contributed by atoms with Crippen molar-refractivity contribution in [2.45, 2.75) is 316 Å². The summed E-state index contributed by atoms with van der Waals surface area (Å²) < 4.78 is 16.9. The van der Waals surface area contributed by atoms with E-state index in [-0.39, 0.29) is 31.1 Å². The Labute approximate surface area is 410 Å². The van der Waals surface area contributed by atoms with Gasteiger partial charge in [0.05, 0.1) is 0 Å². The van der Waals surface area contributed by atoms with Crippen LogP contribution in [-0.4, -0.2) is 37.2 Å². The van der Waals surface area contributed by atoms with Gasteiger partial charge in [-0.05, 0) is 77.0 Å². The van der Waals surface area contributed by atoms with Crippen LogP contribution >= 0.6 is 0 Å². The second-order valence-electron chi connectivity index (χ2n) is 19.6. The molecule has 0 saturated heterocycles. The molecule has 0 aliphatic heterocycles. The summed E-state index contributed by atoms with van der Waals surface area (Å²) in [7, 11) is 0. The molecule has 0 saturated carbocycles. The van der Waals surface area contributed by atoms with E-state index in [1.54, 1.807) is 0 Å². The second kappa shape index (κ2) is 55.2. The standard InChI is InChI=1S/C60H110O6/c1-4-7-10-13-16-19-22-25-27-29-30-31-33-35-38-41-44-47-50-53-59(62)65-56-57(55-64-58(61)52-49-46-43-40-37-34-24-21-18-15-12-9-6-3)66-60(63)54-51-48-45-42-39-36-32-28-26-23-20-17-14-11-8-5-2/h16,19,21,24-25,27,57H,4-15,17-18,20,22-23,26,28-56H2,1-3H3/b19-16+,24-21+,27-25+/t57-/m1/s1. The van der Waals surface area contributed by atoms with E-state index in [0.29, 0.717) is 19.3 Å². The van der Waals surface area contributed by atoms with Crippen LogP contribution < -0.4 is 0 Å². The van der Waals surface area contributed by atoms with E-state index in [1.807, 2.05) is 0 Å². The van der Waals surface area contributed by atoms with E-state index in [0.717, 1.165) is 70.6 Å². The third kappa shape index (κ3) is 52.6. The van der Waals surface area contributed by atoms with Gasteiger partial charge in [-0.2, -0.15) is 0 Å². The fourth-order valence-corrected chi connectivity index (χ4v) is 8.47. The van der Waals surface area contributed by atoms with Crippen molar-refractivity contribution in [2.24, 2.45) is 0 Å². The van der Waals surface area contributed by atoms with Gasteiger partial charge >= 0.3 is 17.9 Å². The van der Waals surface area contributed by atoms with E-state index in [4.69, 9.17) is 14.2 Å². The summed E-state index contributed by atoms with van der Waals surface area (Å²) in [6.07, 6.45) is 65.6. The Morgan fingerprint density at radius 3 is 0.894 bits per heavy atom. The van der Waals surface area contributed by atoms with Gasteiger partial charge in [-0.25, -0.2) is 0 Å². The SMILES string of the molecule is CCCCC/C=C/C/C=C/CCCCCCCCCCCC(=O)OC[C@@H](COC(=O)CCCCCCC/C=C/CCCCCC)OC(=O)CCCCCCCCCCCCCCCCCC. The molecule has 6 heteroatoms. The Morgan fingerprint density at radius 2 is 0.545 bits per heavy atom. The summed E-state index contributed by atoms with van der Waals surface area (Å²) in [6.45, 7) is 6.63. The number of allylic oxidation sites excluding steroid dienone is 6. The lowest BCUT2D eigenvalue weighted by Crippen LogP contribution is -2.30. The summed E-state index contributed by atoms with van der Waals surface area (Å²) in [4.78, 5) is 38.1. The Balaban J connectivity index is 4.33. The minimum atomic E-state index is -0.774. The number of carbonyl (C=O) groups is 3. The largest absolute Gasteiger partial charge is 0.462 e. The van der Waals surface area contributed by atoms with E-state index < -0.39 is 6.10 Å². The van der Waals surface area contributed by atoms with Gasteiger partial charge in [0.1, 0.15) is 13.2 Å². The molecule has 0 unspecified atom stereocenters. The van der Waals surface area contributed by atoms with Crippen molar-refractivity contribution in [2.75, 3.05) is 13.2 Å². The van der Waals surface area contributed by atoms with Gasteiger partial charge in [-0.15, -0.1) is 0 Å². The molecule has 0 heterocycles. The molecule has 0 N–H and O–H groups in total. The first-order valence-corrected chi connectivity index (χ1v) is 29.0. The van der Waals surface area contributed by atoms with Crippen molar-refractivity contribution < 1.29 is 28.6 Å². The highest BCUT2D eigenvalue weighted by Gasteiger charge is 2.19. The van der Waals surface area contributed by atoms with Crippen LogP contribution in [0, 0.1) is 0 Å². The topological polar surface area (TPSA) is 78.9 Å². The molecule has 6 nitrogen and oxygen atoms in total. The maximum Gasteiger partial charge on any atom is 0.306 e. The minimum absolute atomic E-state index is 0.0734. The van der Waals surface area contributed by atoms with E-state index >= 15 is 0 Å². The van der Waals surface area contributed by atoms with Crippen LogP contribution in [0.1, 0.15) is 310 Å². The molecule has 0 aliphatic rings. The average Bonchev–Trinajstić information content (AvgIpc) is 3.31. The average molecular weight is 928 g/mol. The molecule has 0 rings (SSSR count). The van der Waals surface area contributed by atoms with E-state index in [2.05, 4.69) is 57.2 Å². The van der Waals surface area contributed by atoms with Gasteiger partial charge in [0, 0.05) is 19.3 Å². The first-order chi connectivity index (χ1) is 32.5. The van der Waals surface area contributed by atoms with Gasteiger partial charge < -0.3 is 14.2 Å². The summed E-state index contributed by atoms with van der Waals surface area (Å²) in [5.41, 5.74) is 0. The summed E-state index contributed by atoms with van der Waals surface area (Å²) in [6, 6.07) is 0. The zero-order valence-electron chi connectivity index (χ0n) is 44.2. The lowest BCUT2D eigenvalue weighted by Gasteiger charge is -2.18. The Hall–Kier alpha value is -2.37. The van der Waals surface area contributed by atoms with Crippen molar-refractivity contribution in [1.82, 2.24) is 0 Å². The third-order valence-corrected chi connectivity index (χ3v) is 12.9. The first kappa shape index (κ1) is 63.6. The third-order valence-electron chi connectivity index (χ3n) is 12.9. The smallest absolute Gasteiger partial charge is 0.306 e. The molecule has 0 aromatic carbocycles. The molecular weight excluding hydrogens is 817 g/mol. The van der Waals surface area contributed by atoms with E-state index in [1.165, 1.54) is 199 Å². The number of rotatable bonds is 53.